The maximum atomic E-state index is 11.3. The van der Waals surface area contributed by atoms with Gasteiger partial charge in [-0.2, -0.15) is 0 Å². The highest BCUT2D eigenvalue weighted by atomic mass is 32.1. The van der Waals surface area contributed by atoms with E-state index in [9.17, 15) is 14.9 Å². The second kappa shape index (κ2) is 6.11. The van der Waals surface area contributed by atoms with Crippen molar-refractivity contribution in [2.75, 3.05) is 11.9 Å². The van der Waals surface area contributed by atoms with E-state index in [1.807, 2.05) is 5.38 Å². The maximum Gasteiger partial charge on any atom is 0.412 e. The number of hydrogen-bond donors (Lipinski definition) is 1. The summed E-state index contributed by atoms with van der Waals surface area (Å²) in [5.41, 5.74) is 0.300. The van der Waals surface area contributed by atoms with Crippen LogP contribution in [0.2, 0.25) is 0 Å². The first-order chi connectivity index (χ1) is 9.61. The van der Waals surface area contributed by atoms with Gasteiger partial charge in [-0.25, -0.2) is 9.78 Å². The third kappa shape index (κ3) is 3.09. The minimum absolute atomic E-state index is 0.109. The quantitative estimate of drug-likeness (QED) is 0.689. The van der Waals surface area contributed by atoms with Crippen LogP contribution in [0.4, 0.5) is 16.3 Å². The Hall–Kier alpha value is -2.48. The number of carbonyl (C=O) groups excluding carboxylic acids is 1. The van der Waals surface area contributed by atoms with Crippen LogP contribution < -0.4 is 5.32 Å². The van der Waals surface area contributed by atoms with Gasteiger partial charge in [0.05, 0.1) is 17.1 Å². The lowest BCUT2D eigenvalue weighted by Crippen LogP contribution is -2.14. The van der Waals surface area contributed by atoms with Crippen molar-refractivity contribution in [3.63, 3.8) is 0 Å². The van der Waals surface area contributed by atoms with Crippen molar-refractivity contribution < 1.29 is 14.5 Å². The number of thiophene rings is 1. The zero-order valence-electron chi connectivity index (χ0n) is 10.5. The van der Waals surface area contributed by atoms with Crippen LogP contribution in [0.15, 0.2) is 29.8 Å². The van der Waals surface area contributed by atoms with Gasteiger partial charge in [-0.1, -0.05) is 6.07 Å². The SMILES string of the molecule is CCOC(=O)Nc1cc(-c2cccs2)c([N+](=O)[O-])cn1. The first-order valence-corrected chi connectivity index (χ1v) is 6.62. The molecule has 8 heteroatoms. The summed E-state index contributed by atoms with van der Waals surface area (Å²) in [5.74, 6) is 0.206. The number of rotatable bonds is 4. The number of aromatic nitrogens is 1. The average molecular weight is 293 g/mol. The lowest BCUT2D eigenvalue weighted by atomic mass is 10.2. The third-order valence-electron chi connectivity index (χ3n) is 2.37. The highest BCUT2D eigenvalue weighted by Gasteiger charge is 2.18. The molecule has 0 radical (unpaired) electrons. The fraction of sp³-hybridized carbons (Fsp3) is 0.167. The standard InChI is InChI=1S/C12H11N3O4S/c1-2-19-12(16)14-11-6-8(10-4-3-5-20-10)9(7-13-11)15(17)18/h3-7H,2H2,1H3,(H,13,14,16). The number of nitrogens with zero attached hydrogens (tertiary/aromatic N) is 2. The smallest absolute Gasteiger partial charge is 0.412 e. The average Bonchev–Trinajstić information content (AvgIpc) is 2.92. The molecule has 104 valence electrons. The summed E-state index contributed by atoms with van der Waals surface area (Å²) >= 11 is 1.37. The van der Waals surface area contributed by atoms with E-state index < -0.39 is 11.0 Å². The minimum Gasteiger partial charge on any atom is -0.450 e. The number of anilines is 1. The Morgan fingerprint density at radius 3 is 3.00 bits per heavy atom. The van der Waals surface area contributed by atoms with Gasteiger partial charge in [0.25, 0.3) is 5.69 Å². The summed E-state index contributed by atoms with van der Waals surface area (Å²) in [6.45, 7) is 1.91. The molecular weight excluding hydrogens is 282 g/mol. The Labute approximate surface area is 118 Å². The van der Waals surface area contributed by atoms with Crippen LogP contribution in [-0.2, 0) is 4.74 Å². The molecule has 0 atom stereocenters. The zero-order valence-corrected chi connectivity index (χ0v) is 11.3. The Morgan fingerprint density at radius 1 is 1.60 bits per heavy atom. The molecule has 2 heterocycles. The van der Waals surface area contributed by atoms with Crippen molar-refractivity contribution in [1.29, 1.82) is 0 Å². The Balaban J connectivity index is 2.36. The number of nitrogens with one attached hydrogen (secondary N) is 1. The van der Waals surface area contributed by atoms with Crippen molar-refractivity contribution in [3.8, 4) is 10.4 Å². The highest BCUT2D eigenvalue weighted by molar-refractivity contribution is 7.13. The maximum absolute atomic E-state index is 11.3. The van der Waals surface area contributed by atoms with Gasteiger partial charge in [0.15, 0.2) is 0 Å². The molecule has 0 saturated carbocycles. The minimum atomic E-state index is -0.647. The summed E-state index contributed by atoms with van der Waals surface area (Å²) in [6, 6.07) is 5.02. The summed E-state index contributed by atoms with van der Waals surface area (Å²) < 4.78 is 4.73. The van der Waals surface area contributed by atoms with Crippen molar-refractivity contribution in [1.82, 2.24) is 4.98 Å². The fourth-order valence-electron chi connectivity index (χ4n) is 1.56. The molecule has 0 unspecified atom stereocenters. The predicted molar refractivity (Wildman–Crippen MR) is 74.8 cm³/mol. The highest BCUT2D eigenvalue weighted by Crippen LogP contribution is 2.33. The number of amides is 1. The molecule has 2 aromatic heterocycles. The van der Waals surface area contributed by atoms with Gasteiger partial charge in [-0.05, 0) is 24.4 Å². The van der Waals surface area contributed by atoms with E-state index in [-0.39, 0.29) is 18.1 Å². The molecule has 0 aromatic carbocycles. The number of carbonyl (C=O) groups is 1. The Morgan fingerprint density at radius 2 is 2.40 bits per heavy atom. The second-order valence-corrected chi connectivity index (χ2v) is 4.61. The van der Waals surface area contributed by atoms with E-state index in [1.54, 1.807) is 19.1 Å². The monoisotopic (exact) mass is 293 g/mol. The topological polar surface area (TPSA) is 94.4 Å². The van der Waals surface area contributed by atoms with Crippen LogP contribution in [0, 0.1) is 10.1 Å². The summed E-state index contributed by atoms with van der Waals surface area (Å²) in [7, 11) is 0. The summed E-state index contributed by atoms with van der Waals surface area (Å²) in [6.07, 6.45) is 0.474. The second-order valence-electron chi connectivity index (χ2n) is 3.67. The van der Waals surface area contributed by atoms with E-state index in [0.29, 0.717) is 5.56 Å². The first-order valence-electron chi connectivity index (χ1n) is 5.74. The molecular formula is C12H11N3O4S. The molecule has 2 aromatic rings. The van der Waals surface area contributed by atoms with Crippen molar-refractivity contribution in [2.24, 2.45) is 0 Å². The molecule has 0 bridgehead atoms. The van der Waals surface area contributed by atoms with Gasteiger partial charge in [-0.3, -0.25) is 15.4 Å². The van der Waals surface area contributed by atoms with Gasteiger partial charge >= 0.3 is 6.09 Å². The van der Waals surface area contributed by atoms with Crippen molar-refractivity contribution in [2.45, 2.75) is 6.92 Å². The molecule has 1 amide bonds. The molecule has 2 rings (SSSR count). The van der Waals surface area contributed by atoms with E-state index in [4.69, 9.17) is 4.74 Å². The van der Waals surface area contributed by atoms with Gasteiger partial charge in [0.2, 0.25) is 0 Å². The lowest BCUT2D eigenvalue weighted by Gasteiger charge is -2.06. The van der Waals surface area contributed by atoms with Crippen molar-refractivity contribution >= 4 is 28.9 Å². The van der Waals surface area contributed by atoms with Gasteiger partial charge < -0.3 is 4.74 Å². The molecule has 7 nitrogen and oxygen atoms in total. The van der Waals surface area contributed by atoms with E-state index in [1.165, 1.54) is 17.4 Å². The van der Waals surface area contributed by atoms with Gasteiger partial charge in [0, 0.05) is 4.88 Å². The van der Waals surface area contributed by atoms with Crippen molar-refractivity contribution in [3.05, 3.63) is 39.9 Å². The van der Waals surface area contributed by atoms with Crippen LogP contribution in [0.25, 0.3) is 10.4 Å². The normalized spacial score (nSPS) is 10.1. The molecule has 20 heavy (non-hydrogen) atoms. The molecule has 0 aliphatic heterocycles. The molecule has 0 aliphatic rings. The predicted octanol–water partition coefficient (Wildman–Crippen LogP) is 3.29. The van der Waals surface area contributed by atoms with Crippen LogP contribution in [-0.4, -0.2) is 22.6 Å². The molecule has 0 saturated heterocycles. The third-order valence-corrected chi connectivity index (χ3v) is 3.27. The van der Waals surface area contributed by atoms with Crippen LogP contribution in [0.5, 0.6) is 0 Å². The van der Waals surface area contributed by atoms with Gasteiger partial charge in [0.1, 0.15) is 12.0 Å². The van der Waals surface area contributed by atoms with E-state index in [2.05, 4.69) is 10.3 Å². The molecule has 0 spiro atoms. The van der Waals surface area contributed by atoms with Gasteiger partial charge in [-0.15, -0.1) is 11.3 Å². The molecule has 1 N–H and O–H groups in total. The number of pyridine rings is 1. The summed E-state index contributed by atoms with van der Waals surface area (Å²) in [4.78, 5) is 26.4. The van der Waals surface area contributed by atoms with E-state index >= 15 is 0 Å². The summed E-state index contributed by atoms with van der Waals surface area (Å²) in [5, 5.41) is 15.2. The lowest BCUT2D eigenvalue weighted by molar-refractivity contribution is -0.384. The number of ether oxygens (including phenoxy) is 1. The zero-order chi connectivity index (χ0) is 14.5. The number of nitro groups is 1. The first kappa shape index (κ1) is 13.9. The van der Waals surface area contributed by atoms with E-state index in [0.717, 1.165) is 11.1 Å². The fourth-order valence-corrected chi connectivity index (χ4v) is 2.31. The Kier molecular flexibility index (Phi) is 4.26. The van der Waals surface area contributed by atoms with Crippen LogP contribution in [0.1, 0.15) is 6.92 Å². The number of hydrogen-bond acceptors (Lipinski definition) is 6. The molecule has 0 fully saturated rings. The van der Waals surface area contributed by atoms with Crippen LogP contribution >= 0.6 is 11.3 Å². The van der Waals surface area contributed by atoms with Crippen LogP contribution in [0.3, 0.4) is 0 Å². The molecule has 0 aliphatic carbocycles. The Bertz CT molecular complexity index is 628. The largest absolute Gasteiger partial charge is 0.450 e.